The maximum atomic E-state index is 12.4. The van der Waals surface area contributed by atoms with Gasteiger partial charge in [0.1, 0.15) is 6.10 Å². The van der Waals surface area contributed by atoms with E-state index in [4.69, 9.17) is 4.74 Å². The minimum atomic E-state index is -0.380. The van der Waals surface area contributed by atoms with E-state index in [1.54, 1.807) is 0 Å². The Kier molecular flexibility index (Phi) is 8.21. The fraction of sp³-hybridized carbons (Fsp3) is 0.950. The minimum absolute atomic E-state index is 0.0328. The van der Waals surface area contributed by atoms with E-state index in [-0.39, 0.29) is 29.1 Å². The van der Waals surface area contributed by atoms with Crippen molar-refractivity contribution in [3.05, 3.63) is 0 Å². The molecule has 1 aliphatic heterocycles. The highest BCUT2D eigenvalue weighted by atomic mass is 16.5. The zero-order valence-corrected chi connectivity index (χ0v) is 16.7. The maximum Gasteiger partial charge on any atom is 0.308 e. The second-order valence-corrected chi connectivity index (χ2v) is 8.86. The SMILES string of the molecule is CCCCCCCCC(C)C(=O)OC1CC(C)(C)N(O)C(C)(C)C1. The van der Waals surface area contributed by atoms with Gasteiger partial charge in [-0.1, -0.05) is 52.4 Å². The van der Waals surface area contributed by atoms with Crippen LogP contribution in [0, 0.1) is 5.92 Å². The Bertz CT molecular complexity index is 374. The monoisotopic (exact) mass is 341 g/mol. The van der Waals surface area contributed by atoms with Crippen LogP contribution in [0.1, 0.15) is 99.3 Å². The smallest absolute Gasteiger partial charge is 0.308 e. The summed E-state index contributed by atoms with van der Waals surface area (Å²) >= 11 is 0. The van der Waals surface area contributed by atoms with E-state index in [1.165, 1.54) is 37.2 Å². The zero-order valence-electron chi connectivity index (χ0n) is 16.7. The summed E-state index contributed by atoms with van der Waals surface area (Å²) in [6.45, 7) is 12.2. The van der Waals surface area contributed by atoms with Gasteiger partial charge >= 0.3 is 5.97 Å². The summed E-state index contributed by atoms with van der Waals surface area (Å²) in [6, 6.07) is 0. The van der Waals surface area contributed by atoms with Crippen LogP contribution in [0.25, 0.3) is 0 Å². The fourth-order valence-corrected chi connectivity index (χ4v) is 3.89. The molecular formula is C20H39NO3. The lowest BCUT2D eigenvalue weighted by atomic mass is 9.80. The van der Waals surface area contributed by atoms with Gasteiger partial charge in [0.2, 0.25) is 0 Å². The van der Waals surface area contributed by atoms with Crippen molar-refractivity contribution in [3.8, 4) is 0 Å². The summed E-state index contributed by atoms with van der Waals surface area (Å²) < 4.78 is 5.79. The van der Waals surface area contributed by atoms with Gasteiger partial charge in [-0.2, -0.15) is 5.06 Å². The molecule has 1 atom stereocenters. The molecule has 1 saturated heterocycles. The minimum Gasteiger partial charge on any atom is -0.462 e. The summed E-state index contributed by atoms with van der Waals surface area (Å²) in [5.41, 5.74) is -0.759. The summed E-state index contributed by atoms with van der Waals surface area (Å²) in [6.07, 6.45) is 9.60. The molecule has 0 amide bonds. The molecule has 0 spiro atoms. The lowest BCUT2D eigenvalue weighted by molar-refractivity contribution is -0.260. The van der Waals surface area contributed by atoms with Crippen LogP contribution in [0.2, 0.25) is 0 Å². The molecule has 1 fully saturated rings. The molecule has 1 N–H and O–H groups in total. The second-order valence-electron chi connectivity index (χ2n) is 8.86. The summed E-state index contributed by atoms with van der Waals surface area (Å²) in [4.78, 5) is 12.4. The van der Waals surface area contributed by atoms with E-state index < -0.39 is 0 Å². The van der Waals surface area contributed by atoms with Crippen molar-refractivity contribution in [2.24, 2.45) is 5.92 Å². The van der Waals surface area contributed by atoms with Crippen molar-refractivity contribution in [2.45, 2.75) is 117 Å². The third-order valence-electron chi connectivity index (χ3n) is 5.28. The van der Waals surface area contributed by atoms with Crippen LogP contribution in [0.15, 0.2) is 0 Å². The van der Waals surface area contributed by atoms with Gasteiger partial charge in [-0.05, 0) is 34.1 Å². The number of hydroxylamine groups is 2. The molecule has 0 saturated carbocycles. The Morgan fingerprint density at radius 3 is 2.12 bits per heavy atom. The van der Waals surface area contributed by atoms with Crippen LogP contribution in [0.3, 0.4) is 0 Å². The Labute approximate surface area is 148 Å². The summed E-state index contributed by atoms with van der Waals surface area (Å²) in [7, 11) is 0. The topological polar surface area (TPSA) is 49.8 Å². The first-order valence-electron chi connectivity index (χ1n) is 9.80. The standard InChI is InChI=1S/C20H39NO3/c1-7-8-9-10-11-12-13-16(2)18(22)24-17-14-19(3,4)21(23)20(5,6)15-17/h16-17,23H,7-15H2,1-6H3. The third kappa shape index (κ3) is 6.36. The highest BCUT2D eigenvalue weighted by Gasteiger charge is 2.46. The van der Waals surface area contributed by atoms with Crippen LogP contribution in [0.5, 0.6) is 0 Å². The number of hydrogen-bond acceptors (Lipinski definition) is 4. The predicted molar refractivity (Wildman–Crippen MR) is 98.1 cm³/mol. The quantitative estimate of drug-likeness (QED) is 0.455. The van der Waals surface area contributed by atoms with E-state index in [0.29, 0.717) is 12.8 Å². The first-order valence-corrected chi connectivity index (χ1v) is 9.80. The van der Waals surface area contributed by atoms with Crippen LogP contribution < -0.4 is 0 Å². The Balaban J connectivity index is 2.38. The average molecular weight is 342 g/mol. The number of unbranched alkanes of at least 4 members (excludes halogenated alkanes) is 5. The number of rotatable bonds is 9. The van der Waals surface area contributed by atoms with Crippen molar-refractivity contribution in [1.82, 2.24) is 5.06 Å². The van der Waals surface area contributed by atoms with Crippen molar-refractivity contribution in [1.29, 1.82) is 0 Å². The number of carbonyl (C=O) groups is 1. The molecule has 1 aliphatic rings. The lowest BCUT2D eigenvalue weighted by Crippen LogP contribution is -2.60. The molecule has 0 aromatic carbocycles. The van der Waals surface area contributed by atoms with E-state index in [1.807, 2.05) is 34.6 Å². The number of nitrogens with zero attached hydrogens (tertiary/aromatic N) is 1. The van der Waals surface area contributed by atoms with Gasteiger partial charge in [0.15, 0.2) is 0 Å². The number of carbonyl (C=O) groups excluding carboxylic acids is 1. The van der Waals surface area contributed by atoms with Gasteiger partial charge in [-0.15, -0.1) is 0 Å². The van der Waals surface area contributed by atoms with Gasteiger partial charge in [0, 0.05) is 23.9 Å². The Hall–Kier alpha value is -0.610. The fourth-order valence-electron chi connectivity index (χ4n) is 3.89. The zero-order chi connectivity index (χ0) is 18.4. The first-order chi connectivity index (χ1) is 11.1. The van der Waals surface area contributed by atoms with Crippen molar-refractivity contribution < 1.29 is 14.7 Å². The molecule has 4 nitrogen and oxygen atoms in total. The largest absolute Gasteiger partial charge is 0.462 e. The van der Waals surface area contributed by atoms with Crippen LogP contribution in [-0.4, -0.2) is 33.4 Å². The highest BCUT2D eigenvalue weighted by Crippen LogP contribution is 2.38. The van der Waals surface area contributed by atoms with Gasteiger partial charge in [0.05, 0.1) is 5.92 Å². The van der Waals surface area contributed by atoms with E-state index in [2.05, 4.69) is 6.92 Å². The van der Waals surface area contributed by atoms with E-state index >= 15 is 0 Å². The van der Waals surface area contributed by atoms with Crippen molar-refractivity contribution >= 4 is 5.97 Å². The number of ether oxygens (including phenoxy) is 1. The molecule has 142 valence electrons. The van der Waals surface area contributed by atoms with Crippen LogP contribution >= 0.6 is 0 Å². The maximum absolute atomic E-state index is 12.4. The van der Waals surface area contributed by atoms with Gasteiger partial charge in [-0.3, -0.25) is 4.79 Å². The molecule has 1 rings (SSSR count). The molecule has 0 aliphatic carbocycles. The van der Waals surface area contributed by atoms with Crippen molar-refractivity contribution in [2.75, 3.05) is 0 Å². The number of hydrogen-bond donors (Lipinski definition) is 1. The molecule has 1 unspecified atom stereocenters. The molecule has 24 heavy (non-hydrogen) atoms. The Morgan fingerprint density at radius 1 is 1.08 bits per heavy atom. The predicted octanol–water partition coefficient (Wildman–Crippen LogP) is 5.33. The van der Waals surface area contributed by atoms with Crippen molar-refractivity contribution in [3.63, 3.8) is 0 Å². The van der Waals surface area contributed by atoms with Gasteiger partial charge < -0.3 is 9.94 Å². The molecule has 0 aromatic rings. The second kappa shape index (κ2) is 9.19. The van der Waals surface area contributed by atoms with Crippen LogP contribution in [0.4, 0.5) is 0 Å². The highest BCUT2D eigenvalue weighted by molar-refractivity contribution is 5.72. The number of esters is 1. The van der Waals surface area contributed by atoms with Gasteiger partial charge in [0.25, 0.3) is 0 Å². The Morgan fingerprint density at radius 2 is 1.58 bits per heavy atom. The summed E-state index contributed by atoms with van der Waals surface area (Å²) in [5.74, 6) is -0.110. The molecule has 4 heteroatoms. The van der Waals surface area contributed by atoms with Gasteiger partial charge in [-0.25, -0.2) is 0 Å². The third-order valence-corrected chi connectivity index (χ3v) is 5.28. The molecule has 0 bridgehead atoms. The average Bonchev–Trinajstić information content (AvgIpc) is 2.47. The molecule has 0 aromatic heterocycles. The number of piperidine rings is 1. The molecule has 0 radical (unpaired) electrons. The first kappa shape index (κ1) is 21.4. The van der Waals surface area contributed by atoms with E-state index in [0.717, 1.165) is 12.8 Å². The lowest BCUT2D eigenvalue weighted by Gasteiger charge is -2.51. The normalized spacial score (nSPS) is 22.3. The van der Waals surface area contributed by atoms with E-state index in [9.17, 15) is 10.0 Å². The summed E-state index contributed by atoms with van der Waals surface area (Å²) in [5, 5.41) is 11.7. The molecule has 1 heterocycles. The molecular weight excluding hydrogens is 302 g/mol. The van der Waals surface area contributed by atoms with Crippen LogP contribution in [-0.2, 0) is 9.53 Å².